The van der Waals surface area contributed by atoms with Gasteiger partial charge in [-0.2, -0.15) is 0 Å². The number of aromatic nitrogens is 2. The van der Waals surface area contributed by atoms with Crippen molar-refractivity contribution in [2.75, 3.05) is 17.6 Å². The summed E-state index contributed by atoms with van der Waals surface area (Å²) in [5.74, 6) is 0.474. The van der Waals surface area contributed by atoms with Crippen LogP contribution in [0.3, 0.4) is 0 Å². The number of anilines is 2. The van der Waals surface area contributed by atoms with Gasteiger partial charge in [0.1, 0.15) is 5.69 Å². The van der Waals surface area contributed by atoms with Crippen molar-refractivity contribution in [2.24, 2.45) is 5.41 Å². The van der Waals surface area contributed by atoms with Crippen LogP contribution in [0.15, 0.2) is 11.1 Å². The molecule has 0 spiro atoms. The second kappa shape index (κ2) is 6.42. The van der Waals surface area contributed by atoms with Gasteiger partial charge in [0.25, 0.3) is 5.56 Å². The van der Waals surface area contributed by atoms with Gasteiger partial charge in [-0.05, 0) is 11.8 Å². The molecule has 0 saturated heterocycles. The van der Waals surface area contributed by atoms with Crippen molar-refractivity contribution in [3.05, 3.63) is 16.7 Å². The Labute approximate surface area is 108 Å². The maximum atomic E-state index is 11.3. The molecule has 0 aliphatic heterocycles. The molecule has 1 aromatic rings. The standard InChI is InChI=1S/C13H24N4O/c1-4-5-6-7-13(2,3)8-15-11-10(14)12(18)17-9-16-11/h9H,4-8,14H2,1-3H3,(H2,15,16,17,18). The summed E-state index contributed by atoms with van der Waals surface area (Å²) in [5, 5.41) is 3.16. The smallest absolute Gasteiger partial charge is 0.276 e. The van der Waals surface area contributed by atoms with Crippen LogP contribution in [0.2, 0.25) is 0 Å². The zero-order chi connectivity index (χ0) is 13.6. The zero-order valence-electron chi connectivity index (χ0n) is 11.5. The molecule has 0 radical (unpaired) electrons. The molecule has 5 heteroatoms. The molecule has 0 aliphatic carbocycles. The quantitative estimate of drug-likeness (QED) is 0.650. The van der Waals surface area contributed by atoms with E-state index in [0.717, 1.165) is 13.0 Å². The second-order valence-corrected chi connectivity index (χ2v) is 5.47. The highest BCUT2D eigenvalue weighted by molar-refractivity contribution is 5.58. The van der Waals surface area contributed by atoms with Gasteiger partial charge in [-0.3, -0.25) is 4.79 Å². The summed E-state index contributed by atoms with van der Waals surface area (Å²) in [4.78, 5) is 17.8. The molecule has 0 aromatic carbocycles. The summed E-state index contributed by atoms with van der Waals surface area (Å²) < 4.78 is 0. The maximum Gasteiger partial charge on any atom is 0.276 e. The van der Waals surface area contributed by atoms with Gasteiger partial charge in [0.05, 0.1) is 6.33 Å². The fraction of sp³-hybridized carbons (Fsp3) is 0.692. The fourth-order valence-corrected chi connectivity index (χ4v) is 1.82. The van der Waals surface area contributed by atoms with Gasteiger partial charge in [0.15, 0.2) is 5.82 Å². The van der Waals surface area contributed by atoms with E-state index in [2.05, 4.69) is 36.1 Å². The summed E-state index contributed by atoms with van der Waals surface area (Å²) in [6.07, 6.45) is 6.23. The van der Waals surface area contributed by atoms with Crippen LogP contribution >= 0.6 is 0 Å². The first-order valence-corrected chi connectivity index (χ1v) is 6.53. The van der Waals surface area contributed by atoms with Gasteiger partial charge in [-0.1, -0.05) is 40.0 Å². The van der Waals surface area contributed by atoms with Gasteiger partial charge < -0.3 is 16.0 Å². The average molecular weight is 252 g/mol. The van der Waals surface area contributed by atoms with Crippen LogP contribution in [0.1, 0.15) is 46.5 Å². The molecule has 1 heterocycles. The van der Waals surface area contributed by atoms with E-state index < -0.39 is 0 Å². The molecule has 0 bridgehead atoms. The minimum absolute atomic E-state index is 0.154. The zero-order valence-corrected chi connectivity index (χ0v) is 11.5. The van der Waals surface area contributed by atoms with Crippen molar-refractivity contribution in [1.82, 2.24) is 9.97 Å². The number of aromatic amines is 1. The van der Waals surface area contributed by atoms with E-state index in [1.807, 2.05) is 0 Å². The lowest BCUT2D eigenvalue weighted by atomic mass is 9.87. The highest BCUT2D eigenvalue weighted by atomic mass is 16.1. The molecule has 1 aromatic heterocycles. The third-order valence-electron chi connectivity index (χ3n) is 3.08. The number of rotatable bonds is 7. The van der Waals surface area contributed by atoms with Crippen molar-refractivity contribution < 1.29 is 0 Å². The van der Waals surface area contributed by atoms with Crippen LogP contribution in [-0.2, 0) is 0 Å². The summed E-state index contributed by atoms with van der Waals surface area (Å²) in [6.45, 7) is 7.38. The van der Waals surface area contributed by atoms with Crippen molar-refractivity contribution >= 4 is 11.5 Å². The Bertz CT molecular complexity index is 425. The van der Waals surface area contributed by atoms with Crippen LogP contribution in [0, 0.1) is 5.41 Å². The molecule has 4 N–H and O–H groups in total. The molecule has 0 saturated carbocycles. The van der Waals surface area contributed by atoms with Crippen molar-refractivity contribution in [3.8, 4) is 0 Å². The van der Waals surface area contributed by atoms with Gasteiger partial charge >= 0.3 is 0 Å². The monoisotopic (exact) mass is 252 g/mol. The third kappa shape index (κ3) is 4.39. The fourth-order valence-electron chi connectivity index (χ4n) is 1.82. The molecule has 0 aliphatic rings. The van der Waals surface area contributed by atoms with E-state index in [-0.39, 0.29) is 16.7 Å². The Balaban J connectivity index is 2.53. The Morgan fingerprint density at radius 3 is 2.83 bits per heavy atom. The molecule has 0 amide bonds. The van der Waals surface area contributed by atoms with Crippen molar-refractivity contribution in [1.29, 1.82) is 0 Å². The Morgan fingerprint density at radius 2 is 2.17 bits per heavy atom. The maximum absolute atomic E-state index is 11.3. The molecule has 0 atom stereocenters. The number of nitrogens with two attached hydrogens (primary N) is 1. The number of hydrogen-bond acceptors (Lipinski definition) is 4. The van der Waals surface area contributed by atoms with E-state index in [4.69, 9.17) is 5.73 Å². The minimum Gasteiger partial charge on any atom is -0.391 e. The molecule has 1 rings (SSSR count). The van der Waals surface area contributed by atoms with Gasteiger partial charge in [-0.25, -0.2) is 4.98 Å². The van der Waals surface area contributed by atoms with E-state index in [1.54, 1.807) is 0 Å². The molecule has 0 unspecified atom stereocenters. The van der Waals surface area contributed by atoms with Gasteiger partial charge in [-0.15, -0.1) is 0 Å². The number of nitrogen functional groups attached to an aromatic ring is 1. The molecule has 18 heavy (non-hydrogen) atoms. The number of hydrogen-bond donors (Lipinski definition) is 3. The second-order valence-electron chi connectivity index (χ2n) is 5.47. The summed E-state index contributed by atoms with van der Waals surface area (Å²) >= 11 is 0. The lowest BCUT2D eigenvalue weighted by Crippen LogP contribution is -2.25. The number of unbranched alkanes of at least 4 members (excludes halogenated alkanes) is 2. The average Bonchev–Trinajstić information content (AvgIpc) is 2.31. The lowest BCUT2D eigenvalue weighted by molar-refractivity contribution is 0.342. The van der Waals surface area contributed by atoms with Crippen LogP contribution in [-0.4, -0.2) is 16.5 Å². The Hall–Kier alpha value is -1.52. The van der Waals surface area contributed by atoms with Gasteiger partial charge in [0.2, 0.25) is 0 Å². The SMILES string of the molecule is CCCCCC(C)(C)CNc1nc[nH]c(=O)c1N. The van der Waals surface area contributed by atoms with Crippen molar-refractivity contribution in [3.63, 3.8) is 0 Å². The van der Waals surface area contributed by atoms with Crippen LogP contribution < -0.4 is 16.6 Å². The first-order valence-electron chi connectivity index (χ1n) is 6.53. The first kappa shape index (κ1) is 14.5. The molecule has 5 nitrogen and oxygen atoms in total. The van der Waals surface area contributed by atoms with E-state index >= 15 is 0 Å². The Kier molecular flexibility index (Phi) is 5.19. The third-order valence-corrected chi connectivity index (χ3v) is 3.08. The molecule has 0 fully saturated rings. The first-order chi connectivity index (χ1) is 8.46. The number of nitrogens with one attached hydrogen (secondary N) is 2. The summed E-state index contributed by atoms with van der Waals surface area (Å²) in [5.41, 5.74) is 5.70. The predicted molar refractivity (Wildman–Crippen MR) is 75.7 cm³/mol. The highest BCUT2D eigenvalue weighted by Crippen LogP contribution is 2.24. The number of nitrogens with zero attached hydrogens (tertiary/aromatic N) is 1. The van der Waals surface area contributed by atoms with Gasteiger partial charge in [0, 0.05) is 6.54 Å². The van der Waals surface area contributed by atoms with E-state index in [9.17, 15) is 4.79 Å². The highest BCUT2D eigenvalue weighted by Gasteiger charge is 2.18. The molecular formula is C13H24N4O. The number of H-pyrrole nitrogens is 1. The lowest BCUT2D eigenvalue weighted by Gasteiger charge is -2.25. The van der Waals surface area contributed by atoms with Crippen LogP contribution in [0.4, 0.5) is 11.5 Å². The van der Waals surface area contributed by atoms with E-state index in [1.165, 1.54) is 25.6 Å². The summed E-state index contributed by atoms with van der Waals surface area (Å²) in [6, 6.07) is 0. The van der Waals surface area contributed by atoms with Crippen LogP contribution in [0.5, 0.6) is 0 Å². The predicted octanol–water partition coefficient (Wildman–Crippen LogP) is 2.37. The minimum atomic E-state index is -0.295. The topological polar surface area (TPSA) is 83.8 Å². The van der Waals surface area contributed by atoms with Crippen molar-refractivity contribution in [2.45, 2.75) is 46.5 Å². The van der Waals surface area contributed by atoms with E-state index in [0.29, 0.717) is 5.82 Å². The largest absolute Gasteiger partial charge is 0.391 e. The summed E-state index contributed by atoms with van der Waals surface area (Å²) in [7, 11) is 0. The van der Waals surface area contributed by atoms with Crippen LogP contribution in [0.25, 0.3) is 0 Å². The Morgan fingerprint density at radius 1 is 1.44 bits per heavy atom. The molecular weight excluding hydrogens is 228 g/mol. The molecule has 102 valence electrons. The normalized spacial score (nSPS) is 11.5.